The van der Waals surface area contributed by atoms with Crippen molar-refractivity contribution in [3.63, 3.8) is 0 Å². The number of allylic oxidation sites excluding steroid dienone is 1. The molecule has 0 amide bonds. The molecule has 4 nitrogen and oxygen atoms in total. The van der Waals surface area contributed by atoms with Crippen molar-refractivity contribution in [3.8, 4) is 6.07 Å². The van der Waals surface area contributed by atoms with Gasteiger partial charge in [0.25, 0.3) is 5.60 Å². The van der Waals surface area contributed by atoms with Crippen LogP contribution < -0.4 is 0 Å². The molecular weight excluding hydrogens is 528 g/mol. The molecule has 1 fully saturated rings. The van der Waals surface area contributed by atoms with Crippen LogP contribution in [0.15, 0.2) is 41.3 Å². The van der Waals surface area contributed by atoms with E-state index in [0.717, 1.165) is 6.07 Å². The molecule has 2 atom stereocenters. The van der Waals surface area contributed by atoms with Gasteiger partial charge in [0, 0.05) is 6.54 Å². The van der Waals surface area contributed by atoms with Crippen LogP contribution in [0.1, 0.15) is 16.7 Å². The van der Waals surface area contributed by atoms with Crippen LogP contribution in [0.4, 0.5) is 52.7 Å². The maximum absolute atomic E-state index is 14.6. The Kier molecular flexibility index (Phi) is 5.39. The molecule has 0 radical (unpaired) electrons. The molecule has 5 rings (SSSR count). The third-order valence-corrected chi connectivity index (χ3v) is 5.98. The van der Waals surface area contributed by atoms with Crippen molar-refractivity contribution >= 4 is 0 Å². The van der Waals surface area contributed by atoms with Crippen molar-refractivity contribution in [2.45, 2.75) is 35.7 Å². The van der Waals surface area contributed by atoms with E-state index in [-0.39, 0.29) is 24.8 Å². The number of alkyl halides is 12. The SMILES string of the molecule is N#CC1=CC(c2cc(C(F)(F)F)cc(C(F)(F)F)c2)(C(F)(F)F)C2=C(N3CCOC3)C1(C(F)(F)F)O2. The molecule has 16 heteroatoms. The van der Waals surface area contributed by atoms with Gasteiger partial charge in [-0.1, -0.05) is 0 Å². The van der Waals surface area contributed by atoms with Crippen LogP contribution in [0.25, 0.3) is 0 Å². The maximum Gasteiger partial charge on any atom is 0.439 e. The fraction of sp³-hybridized carbons (Fsp3) is 0.450. The molecule has 196 valence electrons. The Morgan fingerprint density at radius 1 is 0.833 bits per heavy atom. The number of halogens is 12. The number of hydrogen-bond acceptors (Lipinski definition) is 4. The molecule has 1 aromatic rings. The van der Waals surface area contributed by atoms with Gasteiger partial charge in [0.2, 0.25) is 0 Å². The number of fused-ring (bicyclic) bond motifs is 1. The van der Waals surface area contributed by atoms with Gasteiger partial charge in [-0.05, 0) is 29.8 Å². The predicted octanol–water partition coefficient (Wildman–Crippen LogP) is 5.82. The standard InChI is InChI=1S/C20H10F12N2O2/c21-17(22,23)10-3-9(4-11(5-10)18(24,25)26)15(19(27,28)29)6-12(7-33)16(20(30,31)32)13(14(15)36-16)34-1-2-35-8-34/h3-6H,1-2,8H2. The van der Waals surface area contributed by atoms with Crippen molar-refractivity contribution in [1.29, 1.82) is 5.26 Å². The summed E-state index contributed by atoms with van der Waals surface area (Å²) < 4.78 is 176. The minimum atomic E-state index is -5.85. The molecule has 2 bridgehead atoms. The lowest BCUT2D eigenvalue weighted by Crippen LogP contribution is -2.68. The van der Waals surface area contributed by atoms with Gasteiger partial charge in [-0.3, -0.25) is 0 Å². The molecule has 1 aromatic carbocycles. The third kappa shape index (κ3) is 3.42. The fourth-order valence-corrected chi connectivity index (χ4v) is 4.38. The van der Waals surface area contributed by atoms with E-state index in [0.29, 0.717) is 4.90 Å². The average molecular weight is 538 g/mol. The number of nitriles is 1. The van der Waals surface area contributed by atoms with Crippen LogP contribution in [0.3, 0.4) is 0 Å². The lowest BCUT2D eigenvalue weighted by Gasteiger charge is -2.57. The summed E-state index contributed by atoms with van der Waals surface area (Å²) >= 11 is 0. The van der Waals surface area contributed by atoms with Gasteiger partial charge in [-0.2, -0.15) is 57.9 Å². The second-order valence-electron chi connectivity index (χ2n) is 8.03. The van der Waals surface area contributed by atoms with E-state index in [9.17, 15) is 57.9 Å². The second kappa shape index (κ2) is 7.46. The van der Waals surface area contributed by atoms with Crippen molar-refractivity contribution in [2.75, 3.05) is 19.9 Å². The van der Waals surface area contributed by atoms with E-state index < -0.39 is 88.8 Å². The number of hydrogen-bond donors (Lipinski definition) is 0. The Balaban J connectivity index is 2.13. The molecule has 3 heterocycles. The zero-order chi connectivity index (χ0) is 27.1. The van der Waals surface area contributed by atoms with Gasteiger partial charge < -0.3 is 14.4 Å². The van der Waals surface area contributed by atoms with Crippen LogP contribution in [-0.2, 0) is 27.2 Å². The van der Waals surface area contributed by atoms with Crippen molar-refractivity contribution in [3.05, 3.63) is 58.0 Å². The molecule has 0 saturated carbocycles. The van der Waals surface area contributed by atoms with Crippen LogP contribution in [0, 0.1) is 11.3 Å². The third-order valence-electron chi connectivity index (χ3n) is 5.98. The zero-order valence-corrected chi connectivity index (χ0v) is 17.2. The number of ether oxygens (including phenoxy) is 2. The Hall–Kier alpha value is -3.09. The van der Waals surface area contributed by atoms with Gasteiger partial charge in [0.05, 0.1) is 29.4 Å². The van der Waals surface area contributed by atoms with E-state index in [1.165, 1.54) is 0 Å². The molecule has 4 aliphatic rings. The lowest BCUT2D eigenvalue weighted by atomic mass is 9.63. The summed E-state index contributed by atoms with van der Waals surface area (Å²) in [6.07, 6.45) is -22.8. The molecule has 36 heavy (non-hydrogen) atoms. The average Bonchev–Trinajstić information content (AvgIpc) is 3.23. The van der Waals surface area contributed by atoms with Crippen molar-refractivity contribution in [1.82, 2.24) is 4.90 Å². The predicted molar refractivity (Wildman–Crippen MR) is 92.3 cm³/mol. The maximum atomic E-state index is 14.6. The first-order chi connectivity index (χ1) is 16.3. The highest BCUT2D eigenvalue weighted by Gasteiger charge is 2.79. The fourth-order valence-electron chi connectivity index (χ4n) is 4.38. The Morgan fingerprint density at radius 3 is 1.78 bits per heavy atom. The lowest BCUT2D eigenvalue weighted by molar-refractivity contribution is -0.284. The highest BCUT2D eigenvalue weighted by molar-refractivity contribution is 5.64. The molecule has 2 unspecified atom stereocenters. The number of benzene rings is 1. The summed E-state index contributed by atoms with van der Waals surface area (Å²) in [5.74, 6) is -1.59. The van der Waals surface area contributed by atoms with Crippen molar-refractivity contribution < 1.29 is 62.2 Å². The van der Waals surface area contributed by atoms with E-state index >= 15 is 0 Å². The second-order valence-corrected chi connectivity index (χ2v) is 8.03. The van der Waals surface area contributed by atoms with Crippen LogP contribution in [-0.4, -0.2) is 42.7 Å². The van der Waals surface area contributed by atoms with Gasteiger partial charge in [0.1, 0.15) is 18.2 Å². The first-order valence-corrected chi connectivity index (χ1v) is 9.64. The number of nitrogens with zero attached hydrogens (tertiary/aromatic N) is 2. The summed E-state index contributed by atoms with van der Waals surface area (Å²) in [6.45, 7) is -1.36. The number of rotatable bonds is 2. The highest BCUT2D eigenvalue weighted by Crippen LogP contribution is 2.66. The van der Waals surface area contributed by atoms with Crippen LogP contribution in [0.2, 0.25) is 0 Å². The molecule has 1 aliphatic carbocycles. The molecule has 0 N–H and O–H groups in total. The van der Waals surface area contributed by atoms with Crippen LogP contribution >= 0.6 is 0 Å². The van der Waals surface area contributed by atoms with E-state index in [1.54, 1.807) is 0 Å². The molecule has 0 aromatic heterocycles. The topological polar surface area (TPSA) is 45.5 Å². The molecular formula is C20H10F12N2O2. The first-order valence-electron chi connectivity index (χ1n) is 9.64. The first kappa shape index (κ1) is 26.0. The van der Waals surface area contributed by atoms with E-state index in [1.807, 2.05) is 0 Å². The van der Waals surface area contributed by atoms with Crippen LogP contribution in [0.5, 0.6) is 0 Å². The van der Waals surface area contributed by atoms with Gasteiger partial charge in [-0.15, -0.1) is 0 Å². The normalized spacial score (nSPS) is 26.9. The van der Waals surface area contributed by atoms with Gasteiger partial charge in [0.15, 0.2) is 5.41 Å². The molecule has 0 spiro atoms. The van der Waals surface area contributed by atoms with Crippen molar-refractivity contribution in [2.24, 2.45) is 0 Å². The smallest absolute Gasteiger partial charge is 0.439 e. The minimum absolute atomic E-state index is 0.253. The monoisotopic (exact) mass is 538 g/mol. The summed E-state index contributed by atoms with van der Waals surface area (Å²) in [5, 5.41) is 9.39. The van der Waals surface area contributed by atoms with Gasteiger partial charge in [-0.25, -0.2) is 0 Å². The highest BCUT2D eigenvalue weighted by atomic mass is 19.4. The summed E-state index contributed by atoms with van der Waals surface area (Å²) in [6, 6.07) is -0.00982. The Labute approximate surface area is 193 Å². The molecule has 3 aliphatic heterocycles. The largest absolute Gasteiger partial charge is 0.466 e. The summed E-state index contributed by atoms with van der Waals surface area (Å²) in [4.78, 5) is 0.648. The summed E-state index contributed by atoms with van der Waals surface area (Å²) in [7, 11) is 0. The minimum Gasteiger partial charge on any atom is -0.466 e. The quantitative estimate of drug-likeness (QED) is 0.446. The van der Waals surface area contributed by atoms with Gasteiger partial charge >= 0.3 is 24.7 Å². The molecule has 1 saturated heterocycles. The van der Waals surface area contributed by atoms with E-state index in [4.69, 9.17) is 4.74 Å². The Morgan fingerprint density at radius 2 is 1.39 bits per heavy atom. The zero-order valence-electron chi connectivity index (χ0n) is 17.2. The summed E-state index contributed by atoms with van der Waals surface area (Å²) in [5.41, 5.74) is -16.8. The Bertz CT molecular complexity index is 1160. The van der Waals surface area contributed by atoms with E-state index in [2.05, 4.69) is 4.74 Å².